The molecule has 0 amide bonds. The quantitative estimate of drug-likeness (QED) is 0.574. The Kier molecular flexibility index (Phi) is 3.30. The zero-order valence-corrected chi connectivity index (χ0v) is 11.7. The van der Waals surface area contributed by atoms with Crippen molar-refractivity contribution in [1.82, 2.24) is 14.6 Å². The molecule has 0 aliphatic carbocycles. The molecule has 0 radical (unpaired) electrons. The van der Waals surface area contributed by atoms with Crippen LogP contribution in [0.25, 0.3) is 16.9 Å². The summed E-state index contributed by atoms with van der Waals surface area (Å²) in [6, 6.07) is 11.4. The zero-order valence-electron chi connectivity index (χ0n) is 11.0. The summed E-state index contributed by atoms with van der Waals surface area (Å²) in [6.07, 6.45) is 0.831. The van der Waals surface area contributed by atoms with Crippen molar-refractivity contribution in [2.24, 2.45) is 5.84 Å². The molecule has 5 nitrogen and oxygen atoms in total. The van der Waals surface area contributed by atoms with Gasteiger partial charge >= 0.3 is 0 Å². The Hall–Kier alpha value is -2.11. The van der Waals surface area contributed by atoms with Gasteiger partial charge in [0.2, 0.25) is 0 Å². The van der Waals surface area contributed by atoms with E-state index in [1.807, 2.05) is 43.3 Å². The van der Waals surface area contributed by atoms with Gasteiger partial charge in [0.1, 0.15) is 5.82 Å². The minimum absolute atomic E-state index is 0.661. The first kappa shape index (κ1) is 12.9. The summed E-state index contributed by atoms with van der Waals surface area (Å²) in [6.45, 7) is 2.05. The average molecular weight is 288 g/mol. The first-order chi connectivity index (χ1) is 9.72. The summed E-state index contributed by atoms with van der Waals surface area (Å²) in [5, 5.41) is 5.18. The molecule has 102 valence electrons. The van der Waals surface area contributed by atoms with Crippen LogP contribution in [0.5, 0.6) is 0 Å². The minimum Gasteiger partial charge on any atom is -0.308 e. The lowest BCUT2D eigenvalue weighted by atomic mass is 10.1. The van der Waals surface area contributed by atoms with Gasteiger partial charge in [0.05, 0.1) is 10.7 Å². The predicted molar refractivity (Wildman–Crippen MR) is 80.6 cm³/mol. The molecule has 0 saturated carbocycles. The number of anilines is 1. The second-order valence-corrected chi connectivity index (χ2v) is 4.82. The van der Waals surface area contributed by atoms with Gasteiger partial charge in [-0.15, -0.1) is 0 Å². The SMILES string of the molecule is CCc1cc(NN)n2nc(-c3ccccc3Cl)cc2n1. The van der Waals surface area contributed by atoms with Crippen molar-refractivity contribution in [3.05, 3.63) is 47.1 Å². The van der Waals surface area contributed by atoms with Crippen molar-refractivity contribution in [3.8, 4) is 11.3 Å². The first-order valence-corrected chi connectivity index (χ1v) is 6.72. The van der Waals surface area contributed by atoms with Gasteiger partial charge in [-0.25, -0.2) is 10.8 Å². The van der Waals surface area contributed by atoms with E-state index in [4.69, 9.17) is 17.4 Å². The maximum atomic E-state index is 6.21. The highest BCUT2D eigenvalue weighted by Crippen LogP contribution is 2.27. The minimum atomic E-state index is 0.661. The van der Waals surface area contributed by atoms with Crippen molar-refractivity contribution >= 4 is 23.1 Å². The molecule has 6 heteroatoms. The van der Waals surface area contributed by atoms with Gasteiger partial charge in [0.25, 0.3) is 0 Å². The van der Waals surface area contributed by atoms with Crippen LogP contribution in [0, 0.1) is 0 Å². The third kappa shape index (κ3) is 2.11. The zero-order chi connectivity index (χ0) is 14.1. The van der Waals surface area contributed by atoms with E-state index in [0.29, 0.717) is 10.8 Å². The highest BCUT2D eigenvalue weighted by Gasteiger charge is 2.11. The standard InChI is InChI=1S/C14H14ClN5/c1-2-9-7-14(18-16)20-13(17-9)8-12(19-20)10-5-3-4-6-11(10)15/h3-8,18H,2,16H2,1H3. The number of hydrogen-bond donors (Lipinski definition) is 2. The molecule has 0 fully saturated rings. The van der Waals surface area contributed by atoms with Gasteiger partial charge in [-0.05, 0) is 12.5 Å². The normalized spacial score (nSPS) is 10.9. The molecule has 0 atom stereocenters. The number of benzene rings is 1. The molecule has 0 saturated heterocycles. The number of halogens is 1. The highest BCUT2D eigenvalue weighted by molar-refractivity contribution is 6.33. The lowest BCUT2D eigenvalue weighted by molar-refractivity contribution is 0.913. The van der Waals surface area contributed by atoms with Crippen molar-refractivity contribution in [3.63, 3.8) is 0 Å². The Labute approximate surface area is 121 Å². The third-order valence-electron chi connectivity index (χ3n) is 3.14. The van der Waals surface area contributed by atoms with E-state index in [0.717, 1.165) is 29.0 Å². The number of nitrogen functional groups attached to an aromatic ring is 1. The van der Waals surface area contributed by atoms with E-state index in [2.05, 4.69) is 15.5 Å². The van der Waals surface area contributed by atoms with E-state index in [9.17, 15) is 0 Å². The number of nitrogens with two attached hydrogens (primary N) is 1. The van der Waals surface area contributed by atoms with E-state index in [1.54, 1.807) is 4.52 Å². The summed E-state index contributed by atoms with van der Waals surface area (Å²) in [5.74, 6) is 6.25. The van der Waals surface area contributed by atoms with Gasteiger partial charge in [-0.1, -0.05) is 36.7 Å². The molecule has 3 rings (SSSR count). The second kappa shape index (κ2) is 5.11. The van der Waals surface area contributed by atoms with Crippen molar-refractivity contribution in [2.75, 3.05) is 5.43 Å². The summed E-state index contributed by atoms with van der Waals surface area (Å²) in [5.41, 5.74) is 6.00. The van der Waals surface area contributed by atoms with E-state index < -0.39 is 0 Å². The lowest BCUT2D eigenvalue weighted by Crippen LogP contribution is -2.12. The number of rotatable bonds is 3. The number of nitrogens with zero attached hydrogens (tertiary/aromatic N) is 3. The van der Waals surface area contributed by atoms with Crippen LogP contribution in [0.3, 0.4) is 0 Å². The van der Waals surface area contributed by atoms with E-state index >= 15 is 0 Å². The summed E-state index contributed by atoms with van der Waals surface area (Å²) in [4.78, 5) is 4.54. The van der Waals surface area contributed by atoms with Crippen LogP contribution in [0.15, 0.2) is 36.4 Å². The first-order valence-electron chi connectivity index (χ1n) is 6.34. The number of aryl methyl sites for hydroxylation is 1. The van der Waals surface area contributed by atoms with E-state index in [-0.39, 0.29) is 0 Å². The van der Waals surface area contributed by atoms with Gasteiger partial charge in [-0.2, -0.15) is 9.61 Å². The molecule has 0 aliphatic rings. The molecule has 0 bridgehead atoms. The molecule has 2 aromatic heterocycles. The molecule has 3 N–H and O–H groups in total. The maximum Gasteiger partial charge on any atom is 0.158 e. The third-order valence-corrected chi connectivity index (χ3v) is 3.47. The molecule has 0 unspecified atom stereocenters. The fraction of sp³-hybridized carbons (Fsp3) is 0.143. The van der Waals surface area contributed by atoms with E-state index in [1.165, 1.54) is 0 Å². The van der Waals surface area contributed by atoms with Crippen LogP contribution in [0.2, 0.25) is 5.02 Å². The summed E-state index contributed by atoms with van der Waals surface area (Å²) >= 11 is 6.21. The van der Waals surface area contributed by atoms with Crippen LogP contribution in [-0.2, 0) is 6.42 Å². The number of fused-ring (bicyclic) bond motifs is 1. The molecule has 2 heterocycles. The monoisotopic (exact) mass is 287 g/mol. The van der Waals surface area contributed by atoms with Gasteiger partial charge in [0, 0.05) is 23.4 Å². The molecular weight excluding hydrogens is 274 g/mol. The Balaban J connectivity index is 2.22. The average Bonchev–Trinajstić information content (AvgIpc) is 2.90. The summed E-state index contributed by atoms with van der Waals surface area (Å²) < 4.78 is 1.68. The van der Waals surface area contributed by atoms with Crippen molar-refractivity contribution in [1.29, 1.82) is 0 Å². The number of hydrazine groups is 1. The Morgan fingerprint density at radius 1 is 1.30 bits per heavy atom. The Bertz CT molecular complexity index is 765. The molecular formula is C14H14ClN5. The van der Waals surface area contributed by atoms with Crippen molar-refractivity contribution in [2.45, 2.75) is 13.3 Å². The Morgan fingerprint density at radius 2 is 2.10 bits per heavy atom. The van der Waals surface area contributed by atoms with Gasteiger partial charge in [0.15, 0.2) is 5.65 Å². The van der Waals surface area contributed by atoms with Crippen LogP contribution in [0.1, 0.15) is 12.6 Å². The number of hydrogen-bond acceptors (Lipinski definition) is 4. The van der Waals surface area contributed by atoms with Crippen LogP contribution in [-0.4, -0.2) is 14.6 Å². The lowest BCUT2D eigenvalue weighted by Gasteiger charge is -2.05. The fourth-order valence-electron chi connectivity index (χ4n) is 2.11. The Morgan fingerprint density at radius 3 is 2.80 bits per heavy atom. The topological polar surface area (TPSA) is 68.2 Å². The van der Waals surface area contributed by atoms with Crippen molar-refractivity contribution < 1.29 is 0 Å². The van der Waals surface area contributed by atoms with Gasteiger partial charge in [-0.3, -0.25) is 0 Å². The molecule has 3 aromatic rings. The summed E-state index contributed by atoms with van der Waals surface area (Å²) in [7, 11) is 0. The molecule has 1 aromatic carbocycles. The van der Waals surface area contributed by atoms with Crippen LogP contribution < -0.4 is 11.3 Å². The van der Waals surface area contributed by atoms with Crippen LogP contribution in [0.4, 0.5) is 5.82 Å². The largest absolute Gasteiger partial charge is 0.308 e. The highest BCUT2D eigenvalue weighted by atomic mass is 35.5. The fourth-order valence-corrected chi connectivity index (χ4v) is 2.34. The van der Waals surface area contributed by atoms with Crippen LogP contribution >= 0.6 is 11.6 Å². The predicted octanol–water partition coefficient (Wildman–Crippen LogP) is 2.90. The number of aromatic nitrogens is 3. The smallest absolute Gasteiger partial charge is 0.158 e. The number of nitrogens with one attached hydrogen (secondary N) is 1. The molecule has 20 heavy (non-hydrogen) atoms. The second-order valence-electron chi connectivity index (χ2n) is 4.41. The molecule has 0 spiro atoms. The maximum absolute atomic E-state index is 6.21. The van der Waals surface area contributed by atoms with Gasteiger partial charge < -0.3 is 5.43 Å². The molecule has 0 aliphatic heterocycles.